The number of nitrogens with zero attached hydrogens (tertiary/aromatic N) is 1. The van der Waals surface area contributed by atoms with Gasteiger partial charge in [0, 0.05) is 35.3 Å². The molecule has 0 aliphatic carbocycles. The molecule has 1 heterocycles. The van der Waals surface area contributed by atoms with Gasteiger partial charge >= 0.3 is 0 Å². The van der Waals surface area contributed by atoms with Crippen molar-refractivity contribution in [3.05, 3.63) is 28.0 Å². The van der Waals surface area contributed by atoms with Gasteiger partial charge in [-0.1, -0.05) is 23.2 Å². The van der Waals surface area contributed by atoms with Crippen molar-refractivity contribution in [2.75, 3.05) is 17.2 Å². The van der Waals surface area contributed by atoms with Crippen molar-refractivity contribution in [1.29, 1.82) is 0 Å². The molecule has 1 aromatic carbocycles. The third-order valence-corrected chi connectivity index (χ3v) is 4.72. The van der Waals surface area contributed by atoms with Gasteiger partial charge in [0.1, 0.15) is 0 Å². The zero-order valence-corrected chi connectivity index (χ0v) is 13.0. The summed E-state index contributed by atoms with van der Waals surface area (Å²) >= 11 is 11.3. The molecule has 0 aromatic heterocycles. The van der Waals surface area contributed by atoms with Crippen LogP contribution in [0.15, 0.2) is 12.1 Å². The molecule has 1 unspecified atom stereocenters. The molecule has 1 aliphatic heterocycles. The second kappa shape index (κ2) is 5.67. The van der Waals surface area contributed by atoms with Crippen LogP contribution < -0.4 is 4.90 Å². The van der Waals surface area contributed by atoms with E-state index in [0.717, 1.165) is 0 Å². The van der Waals surface area contributed by atoms with E-state index in [2.05, 4.69) is 0 Å². The Morgan fingerprint density at radius 3 is 2.35 bits per heavy atom. The van der Waals surface area contributed by atoms with Gasteiger partial charge in [0.15, 0.2) is 5.82 Å². The number of carbonyl (C=O) groups is 1. The van der Waals surface area contributed by atoms with E-state index in [1.54, 1.807) is 0 Å². The van der Waals surface area contributed by atoms with Crippen molar-refractivity contribution >= 4 is 54.5 Å². The molecule has 1 amide bonds. The first-order chi connectivity index (χ1) is 9.17. The van der Waals surface area contributed by atoms with E-state index in [9.17, 15) is 17.6 Å². The van der Waals surface area contributed by atoms with Crippen LogP contribution in [-0.4, -0.2) is 26.6 Å². The molecule has 2 rings (SSSR count). The lowest BCUT2D eigenvalue weighted by Crippen LogP contribution is -2.25. The molecule has 1 fully saturated rings. The number of carbonyl (C=O) groups excluding carboxylic acids is 1. The summed E-state index contributed by atoms with van der Waals surface area (Å²) in [5.74, 6) is -1.75. The average Bonchev–Trinajstić information content (AvgIpc) is 2.63. The predicted molar refractivity (Wildman–Crippen MR) is 76.5 cm³/mol. The lowest BCUT2D eigenvalue weighted by Gasteiger charge is -2.17. The fourth-order valence-corrected chi connectivity index (χ4v) is 3.92. The molecule has 1 aromatic rings. The molecule has 110 valence electrons. The predicted octanol–water partition coefficient (Wildman–Crippen LogP) is 3.05. The van der Waals surface area contributed by atoms with Gasteiger partial charge in [-0.15, -0.1) is 0 Å². The molecule has 0 radical (unpaired) electrons. The second-order valence-corrected chi connectivity index (χ2v) is 8.14. The van der Waals surface area contributed by atoms with Gasteiger partial charge in [0.05, 0.1) is 15.8 Å². The zero-order valence-electron chi connectivity index (χ0n) is 9.95. The first-order valence-corrected chi connectivity index (χ1v) is 8.78. The summed E-state index contributed by atoms with van der Waals surface area (Å²) < 4.78 is 35.4. The van der Waals surface area contributed by atoms with E-state index >= 15 is 0 Å². The van der Waals surface area contributed by atoms with Crippen LogP contribution in [0.5, 0.6) is 0 Å². The molecule has 0 bridgehead atoms. The standard InChI is InChI=1S/C11H9Cl3FNO3S/c12-8-2-7(3-9(13)11(8)15)16-4-6(1-10(16)17)5-20(14,18)19/h2-3,6H,1,4-5H2. The van der Waals surface area contributed by atoms with Gasteiger partial charge < -0.3 is 4.90 Å². The number of amides is 1. The molecule has 9 heteroatoms. The van der Waals surface area contributed by atoms with Crippen LogP contribution in [0.25, 0.3) is 0 Å². The minimum absolute atomic E-state index is 0.0541. The number of rotatable bonds is 3. The van der Waals surface area contributed by atoms with Crippen molar-refractivity contribution < 1.29 is 17.6 Å². The molecule has 0 spiro atoms. The van der Waals surface area contributed by atoms with Gasteiger partial charge in [-0.2, -0.15) is 0 Å². The van der Waals surface area contributed by atoms with E-state index in [0.29, 0.717) is 5.69 Å². The SMILES string of the molecule is O=C1CC(CS(=O)(=O)Cl)CN1c1cc(Cl)c(F)c(Cl)c1. The van der Waals surface area contributed by atoms with Crippen LogP contribution in [-0.2, 0) is 13.8 Å². The van der Waals surface area contributed by atoms with Crippen LogP contribution in [0.1, 0.15) is 6.42 Å². The van der Waals surface area contributed by atoms with Gasteiger partial charge in [0.25, 0.3) is 0 Å². The van der Waals surface area contributed by atoms with Gasteiger partial charge in [0.2, 0.25) is 15.0 Å². The highest BCUT2D eigenvalue weighted by molar-refractivity contribution is 8.13. The molecular formula is C11H9Cl3FNO3S. The molecule has 1 saturated heterocycles. The average molecular weight is 361 g/mol. The maximum absolute atomic E-state index is 13.3. The Bertz CT molecular complexity index is 642. The maximum Gasteiger partial charge on any atom is 0.232 e. The van der Waals surface area contributed by atoms with E-state index in [-0.39, 0.29) is 34.7 Å². The van der Waals surface area contributed by atoms with E-state index in [4.69, 9.17) is 33.9 Å². The summed E-state index contributed by atoms with van der Waals surface area (Å²) in [6, 6.07) is 2.55. The van der Waals surface area contributed by atoms with E-state index < -0.39 is 20.8 Å². The molecule has 0 N–H and O–H groups in total. The van der Waals surface area contributed by atoms with E-state index in [1.807, 2.05) is 0 Å². The molecule has 4 nitrogen and oxygen atoms in total. The maximum atomic E-state index is 13.3. The number of benzene rings is 1. The quantitative estimate of drug-likeness (QED) is 0.615. The summed E-state index contributed by atoms with van der Waals surface area (Å²) in [4.78, 5) is 13.2. The smallest absolute Gasteiger partial charge is 0.232 e. The largest absolute Gasteiger partial charge is 0.312 e. The Morgan fingerprint density at radius 1 is 1.30 bits per heavy atom. The molecule has 1 atom stereocenters. The van der Waals surface area contributed by atoms with E-state index in [1.165, 1.54) is 17.0 Å². The highest BCUT2D eigenvalue weighted by atomic mass is 35.7. The fraction of sp³-hybridized carbons (Fsp3) is 0.364. The highest BCUT2D eigenvalue weighted by Gasteiger charge is 2.33. The monoisotopic (exact) mass is 359 g/mol. The van der Waals surface area contributed by atoms with Crippen molar-refractivity contribution in [3.63, 3.8) is 0 Å². The Morgan fingerprint density at radius 2 is 1.85 bits per heavy atom. The van der Waals surface area contributed by atoms with Gasteiger partial charge in [-0.25, -0.2) is 12.8 Å². The molecule has 0 saturated carbocycles. The summed E-state index contributed by atoms with van der Waals surface area (Å²) in [6.45, 7) is 0.170. The number of anilines is 1. The Hall–Kier alpha value is -0.560. The summed E-state index contributed by atoms with van der Waals surface area (Å²) in [7, 11) is 1.50. The van der Waals surface area contributed by atoms with Crippen LogP contribution in [0.3, 0.4) is 0 Å². The first kappa shape index (κ1) is 15.8. The highest BCUT2D eigenvalue weighted by Crippen LogP contribution is 2.33. The van der Waals surface area contributed by atoms with Crippen molar-refractivity contribution in [2.24, 2.45) is 5.92 Å². The minimum atomic E-state index is -3.68. The minimum Gasteiger partial charge on any atom is -0.312 e. The Balaban J connectivity index is 2.24. The Labute approximate surface area is 129 Å². The summed E-state index contributed by atoms with van der Waals surface area (Å²) in [5, 5.41) is -0.401. The summed E-state index contributed by atoms with van der Waals surface area (Å²) in [6.07, 6.45) is 0.0541. The third kappa shape index (κ3) is 3.55. The third-order valence-electron chi connectivity index (χ3n) is 2.92. The second-order valence-electron chi connectivity index (χ2n) is 4.50. The zero-order chi connectivity index (χ0) is 15.1. The summed E-state index contributed by atoms with van der Waals surface area (Å²) in [5.41, 5.74) is 0.334. The van der Waals surface area contributed by atoms with Crippen LogP contribution >= 0.6 is 33.9 Å². The molecule has 20 heavy (non-hydrogen) atoms. The normalized spacial score (nSPS) is 19.7. The fourth-order valence-electron chi connectivity index (χ4n) is 2.12. The van der Waals surface area contributed by atoms with Crippen LogP contribution in [0, 0.1) is 11.7 Å². The topological polar surface area (TPSA) is 54.5 Å². The number of hydrogen-bond donors (Lipinski definition) is 0. The van der Waals surface area contributed by atoms with Gasteiger partial charge in [-0.3, -0.25) is 4.79 Å². The first-order valence-electron chi connectivity index (χ1n) is 5.54. The van der Waals surface area contributed by atoms with Crippen LogP contribution in [0.4, 0.5) is 10.1 Å². The van der Waals surface area contributed by atoms with Crippen molar-refractivity contribution in [2.45, 2.75) is 6.42 Å². The Kier molecular flexibility index (Phi) is 4.49. The van der Waals surface area contributed by atoms with Crippen molar-refractivity contribution in [1.82, 2.24) is 0 Å². The van der Waals surface area contributed by atoms with Gasteiger partial charge in [-0.05, 0) is 12.1 Å². The van der Waals surface area contributed by atoms with Crippen molar-refractivity contribution in [3.8, 4) is 0 Å². The number of hydrogen-bond acceptors (Lipinski definition) is 3. The van der Waals surface area contributed by atoms with Crippen LogP contribution in [0.2, 0.25) is 10.0 Å². The molecule has 1 aliphatic rings. The lowest BCUT2D eigenvalue weighted by molar-refractivity contribution is -0.117. The molecular weight excluding hydrogens is 352 g/mol. The number of halogens is 4. The lowest BCUT2D eigenvalue weighted by atomic mass is 10.1.